The maximum atomic E-state index is 12.8. The van der Waals surface area contributed by atoms with Crippen LogP contribution in [0.4, 0.5) is 0 Å². The molecule has 28 heavy (non-hydrogen) atoms. The summed E-state index contributed by atoms with van der Waals surface area (Å²) >= 11 is 5.90. The number of likely N-dealkylation sites (N-methyl/N-ethyl adjacent to an activating group) is 1. The van der Waals surface area contributed by atoms with Gasteiger partial charge in [-0.15, -0.1) is 0 Å². The summed E-state index contributed by atoms with van der Waals surface area (Å²) in [7, 11) is -0.621. The summed E-state index contributed by atoms with van der Waals surface area (Å²) in [5.74, 6) is -0.789. The molecule has 1 rings (SSSR count). The van der Waals surface area contributed by atoms with Gasteiger partial charge in [-0.3, -0.25) is 9.59 Å². The third-order valence-corrected chi connectivity index (χ3v) is 5.70. The van der Waals surface area contributed by atoms with Gasteiger partial charge in [-0.25, -0.2) is 8.42 Å². The minimum Gasteiger partial charge on any atom is -0.385 e. The number of nitrogens with one attached hydrogen (secondary N) is 1. The highest BCUT2D eigenvalue weighted by atomic mass is 35.5. The van der Waals surface area contributed by atoms with Crippen molar-refractivity contribution in [2.45, 2.75) is 25.9 Å². The van der Waals surface area contributed by atoms with Crippen molar-refractivity contribution in [2.24, 2.45) is 0 Å². The highest BCUT2D eigenvalue weighted by Gasteiger charge is 2.28. The fraction of sp³-hybridized carbons (Fsp3) is 0.556. The van der Waals surface area contributed by atoms with Crippen molar-refractivity contribution in [2.75, 3.05) is 40.1 Å². The molecule has 1 atom stereocenters. The molecule has 2 amide bonds. The fourth-order valence-electron chi connectivity index (χ4n) is 2.34. The zero-order valence-corrected chi connectivity index (χ0v) is 18.2. The lowest BCUT2D eigenvalue weighted by molar-refractivity contribution is -0.140. The number of benzene rings is 1. The second-order valence-corrected chi connectivity index (χ2v) is 9.01. The largest absolute Gasteiger partial charge is 0.385 e. The summed E-state index contributed by atoms with van der Waals surface area (Å²) in [5.41, 5.74) is 0.777. The smallest absolute Gasteiger partial charge is 0.242 e. The topological polar surface area (TPSA) is 96.0 Å². The third kappa shape index (κ3) is 8.14. The Bertz CT molecular complexity index is 755. The van der Waals surface area contributed by atoms with Crippen molar-refractivity contribution in [3.8, 4) is 0 Å². The SMILES string of the molecule is COCCCNC(=O)[C@@H](C)N(Cc1ccc(Cl)cc1)C(=O)CN(C)S(C)(=O)=O. The predicted molar refractivity (Wildman–Crippen MR) is 108 cm³/mol. The van der Waals surface area contributed by atoms with E-state index < -0.39 is 22.0 Å². The van der Waals surface area contributed by atoms with E-state index in [9.17, 15) is 18.0 Å². The number of hydrogen-bond acceptors (Lipinski definition) is 5. The second-order valence-electron chi connectivity index (χ2n) is 6.48. The number of carbonyl (C=O) groups excluding carboxylic acids is 2. The quantitative estimate of drug-likeness (QED) is 0.527. The summed E-state index contributed by atoms with van der Waals surface area (Å²) in [4.78, 5) is 26.6. The molecule has 0 aliphatic heterocycles. The Morgan fingerprint density at radius 2 is 1.86 bits per heavy atom. The van der Waals surface area contributed by atoms with Crippen LogP contribution in [0.3, 0.4) is 0 Å². The van der Waals surface area contributed by atoms with E-state index in [2.05, 4.69) is 5.32 Å². The number of amides is 2. The lowest BCUT2D eigenvalue weighted by Gasteiger charge is -2.30. The number of carbonyl (C=O) groups is 2. The molecule has 0 saturated heterocycles. The molecule has 158 valence electrons. The molecule has 0 aliphatic carbocycles. The summed E-state index contributed by atoms with van der Waals surface area (Å²) in [6, 6.07) is 6.12. The normalized spacial score (nSPS) is 12.6. The first-order valence-electron chi connectivity index (χ1n) is 8.78. The first-order valence-corrected chi connectivity index (χ1v) is 11.0. The van der Waals surface area contributed by atoms with Gasteiger partial charge < -0.3 is 15.0 Å². The number of sulfonamides is 1. The second kappa shape index (κ2) is 11.4. The predicted octanol–water partition coefficient (Wildman–Crippen LogP) is 1.10. The first kappa shape index (κ1) is 24.4. The Hall–Kier alpha value is -1.68. The minimum absolute atomic E-state index is 0.153. The zero-order valence-electron chi connectivity index (χ0n) is 16.6. The maximum absolute atomic E-state index is 12.8. The van der Waals surface area contributed by atoms with Gasteiger partial charge in [-0.1, -0.05) is 23.7 Å². The summed E-state index contributed by atoms with van der Waals surface area (Å²) in [6.07, 6.45) is 1.67. The van der Waals surface area contributed by atoms with E-state index in [1.807, 2.05) is 0 Å². The molecule has 0 aliphatic rings. The number of ether oxygens (including phenoxy) is 1. The molecule has 0 radical (unpaired) electrons. The lowest BCUT2D eigenvalue weighted by Crippen LogP contribution is -2.50. The van der Waals surface area contributed by atoms with Crippen LogP contribution in [0.5, 0.6) is 0 Å². The van der Waals surface area contributed by atoms with Gasteiger partial charge in [0.25, 0.3) is 0 Å². The van der Waals surface area contributed by atoms with Gasteiger partial charge in [0.15, 0.2) is 0 Å². The highest BCUT2D eigenvalue weighted by Crippen LogP contribution is 2.14. The highest BCUT2D eigenvalue weighted by molar-refractivity contribution is 7.88. The average molecular weight is 434 g/mol. The van der Waals surface area contributed by atoms with Gasteiger partial charge in [0.1, 0.15) is 6.04 Å². The van der Waals surface area contributed by atoms with Crippen LogP contribution in [0.15, 0.2) is 24.3 Å². The maximum Gasteiger partial charge on any atom is 0.242 e. The molecule has 0 saturated carbocycles. The number of nitrogens with zero attached hydrogens (tertiary/aromatic N) is 2. The van der Waals surface area contributed by atoms with Crippen LogP contribution in [-0.2, 0) is 30.9 Å². The van der Waals surface area contributed by atoms with Crippen LogP contribution in [0.25, 0.3) is 0 Å². The Morgan fingerprint density at radius 3 is 2.39 bits per heavy atom. The van der Waals surface area contributed by atoms with Crippen molar-refractivity contribution in [3.63, 3.8) is 0 Å². The van der Waals surface area contributed by atoms with E-state index in [-0.39, 0.29) is 19.0 Å². The van der Waals surface area contributed by atoms with E-state index in [4.69, 9.17) is 16.3 Å². The molecular weight excluding hydrogens is 406 g/mol. The lowest BCUT2D eigenvalue weighted by atomic mass is 10.1. The molecule has 0 spiro atoms. The summed E-state index contributed by atoms with van der Waals surface area (Å²) in [5, 5.41) is 3.32. The summed E-state index contributed by atoms with van der Waals surface area (Å²) < 4.78 is 29.2. The molecule has 0 fully saturated rings. The number of rotatable bonds is 11. The molecule has 8 nitrogen and oxygen atoms in total. The molecular formula is C18H28ClN3O5S. The monoisotopic (exact) mass is 433 g/mol. The van der Waals surface area contributed by atoms with Crippen molar-refractivity contribution in [1.29, 1.82) is 0 Å². The fourth-order valence-corrected chi connectivity index (χ4v) is 2.81. The average Bonchev–Trinajstić information content (AvgIpc) is 2.63. The van der Waals surface area contributed by atoms with Crippen LogP contribution in [-0.4, -0.2) is 75.6 Å². The first-order chi connectivity index (χ1) is 13.1. The molecule has 0 bridgehead atoms. The third-order valence-electron chi connectivity index (χ3n) is 4.18. The Labute approximate surface area is 171 Å². The Balaban J connectivity index is 2.93. The van der Waals surface area contributed by atoms with Gasteiger partial charge in [0, 0.05) is 38.9 Å². The van der Waals surface area contributed by atoms with E-state index in [0.717, 1.165) is 16.1 Å². The van der Waals surface area contributed by atoms with E-state index >= 15 is 0 Å². The molecule has 1 aromatic rings. The van der Waals surface area contributed by atoms with Crippen LogP contribution in [0, 0.1) is 0 Å². The Kier molecular flexibility index (Phi) is 9.88. The molecule has 1 N–H and O–H groups in total. The molecule has 0 heterocycles. The van der Waals surface area contributed by atoms with E-state index in [1.54, 1.807) is 38.3 Å². The Morgan fingerprint density at radius 1 is 1.25 bits per heavy atom. The van der Waals surface area contributed by atoms with Gasteiger partial charge in [-0.05, 0) is 31.0 Å². The molecule has 10 heteroatoms. The number of hydrogen-bond donors (Lipinski definition) is 1. The molecule has 0 aromatic heterocycles. The van der Waals surface area contributed by atoms with Gasteiger partial charge >= 0.3 is 0 Å². The van der Waals surface area contributed by atoms with Crippen LogP contribution in [0.2, 0.25) is 5.02 Å². The van der Waals surface area contributed by atoms with Gasteiger partial charge in [0.2, 0.25) is 21.8 Å². The van der Waals surface area contributed by atoms with Crippen molar-refractivity contribution >= 4 is 33.4 Å². The van der Waals surface area contributed by atoms with E-state index in [1.165, 1.54) is 11.9 Å². The zero-order chi connectivity index (χ0) is 21.3. The molecule has 0 unspecified atom stereocenters. The minimum atomic E-state index is -3.52. The van der Waals surface area contributed by atoms with Crippen LogP contribution < -0.4 is 5.32 Å². The van der Waals surface area contributed by atoms with Crippen LogP contribution >= 0.6 is 11.6 Å². The van der Waals surface area contributed by atoms with Crippen LogP contribution in [0.1, 0.15) is 18.9 Å². The number of methoxy groups -OCH3 is 1. The standard InChI is InChI=1S/C18H28ClN3O5S/c1-14(18(24)20-10-5-11-27-3)22(12-15-6-8-16(19)9-7-15)17(23)13-21(2)28(4,25)26/h6-9,14H,5,10-13H2,1-4H3,(H,20,24)/t14-/m1/s1. The van der Waals surface area contributed by atoms with Gasteiger partial charge in [0.05, 0.1) is 12.8 Å². The molecule has 1 aromatic carbocycles. The van der Waals surface area contributed by atoms with Crippen molar-refractivity contribution < 1.29 is 22.7 Å². The van der Waals surface area contributed by atoms with E-state index in [0.29, 0.717) is 24.6 Å². The summed E-state index contributed by atoms with van der Waals surface area (Å²) in [6.45, 7) is 2.35. The van der Waals surface area contributed by atoms with Crippen molar-refractivity contribution in [3.05, 3.63) is 34.9 Å². The van der Waals surface area contributed by atoms with Gasteiger partial charge in [-0.2, -0.15) is 4.31 Å². The number of halogens is 1. The van der Waals surface area contributed by atoms with Crippen molar-refractivity contribution in [1.82, 2.24) is 14.5 Å².